The van der Waals surface area contributed by atoms with Gasteiger partial charge in [-0.15, -0.1) is 0 Å². The maximum Gasteiger partial charge on any atom is 0.225 e. The lowest BCUT2D eigenvalue weighted by molar-refractivity contribution is -0.139. The Morgan fingerprint density at radius 1 is 1.07 bits per heavy atom. The number of hydrogen-bond acceptors (Lipinski definition) is 5. The van der Waals surface area contributed by atoms with Gasteiger partial charge in [-0.1, -0.05) is 24.6 Å². The van der Waals surface area contributed by atoms with Crippen molar-refractivity contribution in [2.24, 2.45) is 5.92 Å². The van der Waals surface area contributed by atoms with Crippen LogP contribution >= 0.6 is 0 Å². The molecule has 156 valence electrons. The molecule has 7 nitrogen and oxygen atoms in total. The molecule has 1 saturated carbocycles. The number of rotatable bonds is 6. The van der Waals surface area contributed by atoms with Crippen molar-refractivity contribution < 1.29 is 9.53 Å². The first-order valence-electron chi connectivity index (χ1n) is 10.9. The van der Waals surface area contributed by atoms with Crippen LogP contribution in [0.4, 0.5) is 0 Å². The molecule has 0 N–H and O–H groups in total. The Morgan fingerprint density at radius 2 is 1.90 bits per heavy atom. The Balaban J connectivity index is 1.33. The molecule has 2 aromatic heterocycles. The summed E-state index contributed by atoms with van der Waals surface area (Å²) in [6.07, 6.45) is 8.73. The summed E-state index contributed by atoms with van der Waals surface area (Å²) in [5, 5.41) is 4.89. The molecule has 0 unspecified atom stereocenters. The van der Waals surface area contributed by atoms with Crippen LogP contribution in [0.3, 0.4) is 0 Å². The van der Waals surface area contributed by atoms with Crippen LogP contribution < -0.4 is 4.74 Å². The smallest absolute Gasteiger partial charge is 0.225 e. The van der Waals surface area contributed by atoms with Gasteiger partial charge in [0.15, 0.2) is 5.65 Å². The van der Waals surface area contributed by atoms with Gasteiger partial charge < -0.3 is 9.64 Å². The van der Waals surface area contributed by atoms with Crippen molar-refractivity contribution in [1.82, 2.24) is 24.6 Å². The maximum atomic E-state index is 12.8. The average molecular weight is 406 g/mol. The molecule has 5 rings (SSSR count). The molecular formula is C23H27N5O2. The Hall–Kier alpha value is -2.96. The molecule has 3 aromatic rings. The summed E-state index contributed by atoms with van der Waals surface area (Å²) in [6, 6.07) is 9.78. The van der Waals surface area contributed by atoms with Crippen LogP contribution in [-0.4, -0.2) is 50.3 Å². The number of carbonyl (C=O) groups excluding carboxylic acids is 1. The van der Waals surface area contributed by atoms with Crippen molar-refractivity contribution in [2.45, 2.75) is 44.6 Å². The summed E-state index contributed by atoms with van der Waals surface area (Å²) in [7, 11) is 0. The fourth-order valence-electron chi connectivity index (χ4n) is 4.44. The number of nitrogens with zero attached hydrogens (tertiary/aromatic N) is 5. The number of ether oxygens (including phenoxy) is 1. The zero-order chi connectivity index (χ0) is 20.3. The monoisotopic (exact) mass is 405 g/mol. The minimum absolute atomic E-state index is 0.207. The largest absolute Gasteiger partial charge is 0.492 e. The first kappa shape index (κ1) is 19.0. The molecule has 1 saturated heterocycles. The van der Waals surface area contributed by atoms with Crippen molar-refractivity contribution >= 4 is 17.1 Å². The number of carbonyl (C=O) groups is 1. The van der Waals surface area contributed by atoms with Crippen molar-refractivity contribution in [1.29, 1.82) is 0 Å². The standard InChI is InChI=1S/C23H27N5O2/c29-23(17-6-4-7-17)27-13-5-8-18(16-27)20-21-22(25-12-11-24-21)28(26-20)14-15-30-19-9-2-1-3-10-19/h1-3,9-12,17-18H,4-8,13-16H2/t18-/m0/s1. The van der Waals surface area contributed by atoms with E-state index in [0.29, 0.717) is 19.1 Å². The first-order valence-corrected chi connectivity index (χ1v) is 10.9. The molecule has 7 heteroatoms. The third-order valence-electron chi connectivity index (χ3n) is 6.28. The second kappa shape index (κ2) is 8.42. The molecule has 0 radical (unpaired) electrons. The minimum atomic E-state index is 0.207. The van der Waals surface area contributed by atoms with E-state index in [1.54, 1.807) is 12.4 Å². The highest BCUT2D eigenvalue weighted by Gasteiger charge is 2.34. The lowest BCUT2D eigenvalue weighted by atomic mass is 9.83. The fourth-order valence-corrected chi connectivity index (χ4v) is 4.44. The van der Waals surface area contributed by atoms with Crippen molar-refractivity contribution in [3.8, 4) is 5.75 Å². The molecular weight excluding hydrogens is 378 g/mol. The first-order chi connectivity index (χ1) is 14.8. The van der Waals surface area contributed by atoms with Gasteiger partial charge in [0, 0.05) is 37.3 Å². The van der Waals surface area contributed by atoms with Crippen LogP contribution in [0, 0.1) is 5.92 Å². The molecule has 30 heavy (non-hydrogen) atoms. The van der Waals surface area contributed by atoms with Crippen LogP contribution in [-0.2, 0) is 11.3 Å². The van der Waals surface area contributed by atoms with E-state index in [2.05, 4.69) is 14.9 Å². The van der Waals surface area contributed by atoms with Gasteiger partial charge in [-0.3, -0.25) is 4.79 Å². The summed E-state index contributed by atoms with van der Waals surface area (Å²) < 4.78 is 7.74. The van der Waals surface area contributed by atoms with E-state index in [9.17, 15) is 4.79 Å². The van der Waals surface area contributed by atoms with Crippen LogP contribution in [0.5, 0.6) is 5.75 Å². The molecule has 1 amide bonds. The van der Waals surface area contributed by atoms with E-state index in [1.165, 1.54) is 6.42 Å². The minimum Gasteiger partial charge on any atom is -0.492 e. The number of hydrogen-bond donors (Lipinski definition) is 0. The van der Waals surface area contributed by atoms with Gasteiger partial charge in [0.1, 0.15) is 17.9 Å². The SMILES string of the molecule is O=C(C1CCC1)N1CCC[C@H](c2nn(CCOc3ccccc3)c3nccnc23)C1. The quantitative estimate of drug-likeness (QED) is 0.628. The van der Waals surface area contributed by atoms with Crippen molar-refractivity contribution in [2.75, 3.05) is 19.7 Å². The van der Waals surface area contributed by atoms with Gasteiger partial charge in [-0.05, 0) is 37.8 Å². The Bertz CT molecular complexity index is 1010. The number of aromatic nitrogens is 4. The van der Waals surface area contributed by atoms with E-state index in [0.717, 1.165) is 61.4 Å². The number of fused-ring (bicyclic) bond motifs is 1. The number of para-hydroxylation sites is 1. The number of likely N-dealkylation sites (tertiary alicyclic amines) is 1. The maximum absolute atomic E-state index is 12.8. The molecule has 3 heterocycles. The van der Waals surface area contributed by atoms with Crippen LogP contribution in [0.15, 0.2) is 42.7 Å². The Morgan fingerprint density at radius 3 is 2.70 bits per heavy atom. The van der Waals surface area contributed by atoms with Crippen LogP contribution in [0.25, 0.3) is 11.2 Å². The van der Waals surface area contributed by atoms with Gasteiger partial charge in [0.05, 0.1) is 12.2 Å². The Kier molecular flexibility index (Phi) is 5.34. The zero-order valence-electron chi connectivity index (χ0n) is 17.1. The lowest BCUT2D eigenvalue weighted by Crippen LogP contribution is -2.44. The average Bonchev–Trinajstić information content (AvgIpc) is 3.12. The summed E-state index contributed by atoms with van der Waals surface area (Å²) in [5.41, 5.74) is 2.59. The number of benzene rings is 1. The van der Waals surface area contributed by atoms with Gasteiger partial charge in [0.25, 0.3) is 0 Å². The molecule has 0 bridgehead atoms. The molecule has 1 atom stereocenters. The van der Waals surface area contributed by atoms with Gasteiger partial charge in [-0.25, -0.2) is 14.6 Å². The Labute approximate surface area is 176 Å². The van der Waals surface area contributed by atoms with Crippen LogP contribution in [0.1, 0.15) is 43.7 Å². The highest BCUT2D eigenvalue weighted by molar-refractivity contribution is 5.80. The second-order valence-corrected chi connectivity index (χ2v) is 8.25. The van der Waals surface area contributed by atoms with Gasteiger partial charge in [0.2, 0.25) is 5.91 Å². The van der Waals surface area contributed by atoms with Gasteiger partial charge in [-0.2, -0.15) is 5.10 Å². The van der Waals surface area contributed by atoms with E-state index >= 15 is 0 Å². The topological polar surface area (TPSA) is 73.1 Å². The predicted molar refractivity (Wildman–Crippen MR) is 113 cm³/mol. The zero-order valence-corrected chi connectivity index (χ0v) is 17.1. The lowest BCUT2D eigenvalue weighted by Gasteiger charge is -2.36. The molecule has 1 aliphatic heterocycles. The number of amides is 1. The summed E-state index contributed by atoms with van der Waals surface area (Å²) in [6.45, 7) is 2.70. The van der Waals surface area contributed by atoms with Crippen molar-refractivity contribution in [3.63, 3.8) is 0 Å². The van der Waals surface area contributed by atoms with Crippen molar-refractivity contribution in [3.05, 3.63) is 48.4 Å². The molecule has 2 fully saturated rings. The molecule has 1 aliphatic carbocycles. The highest BCUT2D eigenvalue weighted by atomic mass is 16.5. The van der Waals surface area contributed by atoms with Crippen LogP contribution in [0.2, 0.25) is 0 Å². The second-order valence-electron chi connectivity index (χ2n) is 8.25. The van der Waals surface area contributed by atoms with E-state index in [4.69, 9.17) is 9.84 Å². The number of piperidine rings is 1. The molecule has 0 spiro atoms. The van der Waals surface area contributed by atoms with E-state index in [1.807, 2.05) is 35.0 Å². The van der Waals surface area contributed by atoms with E-state index < -0.39 is 0 Å². The molecule has 1 aromatic carbocycles. The third kappa shape index (κ3) is 3.76. The van der Waals surface area contributed by atoms with Gasteiger partial charge >= 0.3 is 0 Å². The summed E-state index contributed by atoms with van der Waals surface area (Å²) >= 11 is 0. The normalized spacial score (nSPS) is 19.6. The summed E-state index contributed by atoms with van der Waals surface area (Å²) in [4.78, 5) is 23.9. The third-order valence-corrected chi connectivity index (χ3v) is 6.28. The predicted octanol–water partition coefficient (Wildman–Crippen LogP) is 3.41. The molecule has 2 aliphatic rings. The summed E-state index contributed by atoms with van der Waals surface area (Å²) in [5.74, 6) is 1.63. The highest BCUT2D eigenvalue weighted by Crippen LogP contribution is 2.33. The fraction of sp³-hybridized carbons (Fsp3) is 0.478. The van der Waals surface area contributed by atoms with E-state index in [-0.39, 0.29) is 11.8 Å².